The fraction of sp³-hybridized carbons (Fsp3) is 0.227. The van der Waals surface area contributed by atoms with E-state index in [-0.39, 0.29) is 19.1 Å². The highest BCUT2D eigenvalue weighted by atomic mass is 16.5. The van der Waals surface area contributed by atoms with Crippen molar-refractivity contribution in [3.63, 3.8) is 0 Å². The van der Waals surface area contributed by atoms with Crippen LogP contribution < -0.4 is 14.8 Å². The maximum absolute atomic E-state index is 12.6. The van der Waals surface area contributed by atoms with Gasteiger partial charge in [0.1, 0.15) is 23.9 Å². The van der Waals surface area contributed by atoms with Gasteiger partial charge in [-0.15, -0.1) is 0 Å². The minimum absolute atomic E-state index is 0.0964. The molecule has 156 valence electrons. The van der Waals surface area contributed by atoms with Gasteiger partial charge in [-0.05, 0) is 43.3 Å². The summed E-state index contributed by atoms with van der Waals surface area (Å²) >= 11 is 0. The van der Waals surface area contributed by atoms with Gasteiger partial charge in [0.15, 0.2) is 0 Å². The van der Waals surface area contributed by atoms with Crippen LogP contribution in [0.5, 0.6) is 11.5 Å². The number of esters is 1. The summed E-state index contributed by atoms with van der Waals surface area (Å²) in [5, 5.41) is 7.19. The van der Waals surface area contributed by atoms with Crippen molar-refractivity contribution >= 4 is 17.7 Å². The molecule has 0 bridgehead atoms. The number of ether oxygens (including phenoxy) is 3. The molecule has 1 amide bonds. The van der Waals surface area contributed by atoms with E-state index in [1.54, 1.807) is 66.4 Å². The first-order valence-corrected chi connectivity index (χ1v) is 9.31. The molecule has 3 rings (SSSR count). The molecule has 0 spiro atoms. The van der Waals surface area contributed by atoms with E-state index in [9.17, 15) is 9.59 Å². The van der Waals surface area contributed by atoms with E-state index in [2.05, 4.69) is 10.4 Å². The van der Waals surface area contributed by atoms with Gasteiger partial charge >= 0.3 is 5.97 Å². The molecule has 8 nitrogen and oxygen atoms in total. The van der Waals surface area contributed by atoms with Crippen molar-refractivity contribution in [1.29, 1.82) is 0 Å². The number of nitrogens with zero attached hydrogens (tertiary/aromatic N) is 2. The Bertz CT molecular complexity index is 1040. The van der Waals surface area contributed by atoms with Crippen LogP contribution in [0.25, 0.3) is 0 Å². The summed E-state index contributed by atoms with van der Waals surface area (Å²) < 4.78 is 17.2. The van der Waals surface area contributed by atoms with Crippen LogP contribution in [0.1, 0.15) is 26.4 Å². The summed E-state index contributed by atoms with van der Waals surface area (Å²) in [6.07, 6.45) is 0. The van der Waals surface area contributed by atoms with Gasteiger partial charge in [-0.25, -0.2) is 9.48 Å². The van der Waals surface area contributed by atoms with Crippen molar-refractivity contribution in [2.75, 3.05) is 26.1 Å². The number of carbonyl (C=O) groups excluding carboxylic acids is 2. The topological polar surface area (TPSA) is 91.7 Å². The number of amides is 1. The first-order chi connectivity index (χ1) is 14.5. The lowest BCUT2D eigenvalue weighted by atomic mass is 10.2. The normalized spacial score (nSPS) is 10.4. The fourth-order valence-corrected chi connectivity index (χ4v) is 2.83. The number of hydrogen-bond donors (Lipinski definition) is 1. The lowest BCUT2D eigenvalue weighted by molar-refractivity contribution is 0.0487. The van der Waals surface area contributed by atoms with Gasteiger partial charge in [0.2, 0.25) is 0 Å². The Hall–Kier alpha value is -3.81. The van der Waals surface area contributed by atoms with Crippen LogP contribution in [0, 0.1) is 6.92 Å². The van der Waals surface area contributed by atoms with Crippen LogP contribution in [0.4, 0.5) is 5.82 Å². The number of aromatic nitrogens is 2. The predicted molar refractivity (Wildman–Crippen MR) is 111 cm³/mol. The molecule has 0 unspecified atom stereocenters. The third-order valence-corrected chi connectivity index (χ3v) is 4.32. The maximum Gasteiger partial charge on any atom is 0.338 e. The first kappa shape index (κ1) is 20.9. The molecule has 2 aromatic carbocycles. The molecule has 0 atom stereocenters. The van der Waals surface area contributed by atoms with E-state index in [0.717, 1.165) is 5.69 Å². The van der Waals surface area contributed by atoms with Crippen molar-refractivity contribution in [2.45, 2.75) is 13.5 Å². The molecular formula is C22H23N3O5. The van der Waals surface area contributed by atoms with E-state index in [4.69, 9.17) is 14.2 Å². The van der Waals surface area contributed by atoms with E-state index in [1.807, 2.05) is 6.92 Å². The summed E-state index contributed by atoms with van der Waals surface area (Å²) in [7, 11) is 3.08. The number of benzene rings is 2. The predicted octanol–water partition coefficient (Wildman–Crippen LogP) is 3.32. The van der Waals surface area contributed by atoms with Crippen LogP contribution in [-0.2, 0) is 11.3 Å². The lowest BCUT2D eigenvalue weighted by Crippen LogP contribution is -2.18. The van der Waals surface area contributed by atoms with Crippen molar-refractivity contribution in [3.8, 4) is 11.5 Å². The largest absolute Gasteiger partial charge is 0.497 e. The highest BCUT2D eigenvalue weighted by Crippen LogP contribution is 2.17. The van der Waals surface area contributed by atoms with E-state index in [0.29, 0.717) is 28.4 Å². The van der Waals surface area contributed by atoms with Crippen molar-refractivity contribution < 1.29 is 23.8 Å². The molecule has 8 heteroatoms. The van der Waals surface area contributed by atoms with Crippen LogP contribution in [0.2, 0.25) is 0 Å². The molecule has 0 aliphatic rings. The van der Waals surface area contributed by atoms with Crippen molar-refractivity contribution in [1.82, 2.24) is 9.78 Å². The molecule has 1 heterocycles. The number of methoxy groups -OCH3 is 2. The average molecular weight is 409 g/mol. The highest BCUT2D eigenvalue weighted by molar-refractivity contribution is 6.04. The minimum Gasteiger partial charge on any atom is -0.497 e. The maximum atomic E-state index is 12.6. The first-order valence-electron chi connectivity index (χ1n) is 9.31. The number of aryl methyl sites for hydroxylation is 1. The Labute approximate surface area is 174 Å². The summed E-state index contributed by atoms with van der Waals surface area (Å²) in [5.41, 5.74) is 1.59. The molecule has 3 aromatic rings. The Morgan fingerprint density at radius 2 is 1.60 bits per heavy atom. The molecule has 30 heavy (non-hydrogen) atoms. The van der Waals surface area contributed by atoms with Gasteiger partial charge in [-0.3, -0.25) is 4.79 Å². The molecular weight excluding hydrogens is 386 g/mol. The molecule has 0 aliphatic carbocycles. The van der Waals surface area contributed by atoms with Crippen molar-refractivity contribution in [3.05, 3.63) is 71.4 Å². The molecule has 0 fully saturated rings. The van der Waals surface area contributed by atoms with Crippen LogP contribution in [-0.4, -0.2) is 42.5 Å². The fourth-order valence-electron chi connectivity index (χ4n) is 2.83. The van der Waals surface area contributed by atoms with Gasteiger partial charge in [-0.2, -0.15) is 5.10 Å². The molecule has 1 aromatic heterocycles. The summed E-state index contributed by atoms with van der Waals surface area (Å²) in [6.45, 7) is 2.20. The Morgan fingerprint density at radius 1 is 0.967 bits per heavy atom. The Morgan fingerprint density at radius 3 is 2.27 bits per heavy atom. The second kappa shape index (κ2) is 9.60. The third kappa shape index (κ3) is 5.16. The van der Waals surface area contributed by atoms with E-state index >= 15 is 0 Å². The van der Waals surface area contributed by atoms with Gasteiger partial charge in [0, 0.05) is 11.6 Å². The Kier molecular flexibility index (Phi) is 6.69. The van der Waals surface area contributed by atoms with Crippen LogP contribution >= 0.6 is 0 Å². The third-order valence-electron chi connectivity index (χ3n) is 4.32. The number of anilines is 1. The van der Waals surface area contributed by atoms with Gasteiger partial charge in [0.05, 0.1) is 32.0 Å². The highest BCUT2D eigenvalue weighted by Gasteiger charge is 2.13. The Balaban J connectivity index is 1.62. The monoisotopic (exact) mass is 409 g/mol. The zero-order valence-electron chi connectivity index (χ0n) is 17.0. The zero-order chi connectivity index (χ0) is 21.5. The zero-order valence-corrected chi connectivity index (χ0v) is 17.0. The SMILES string of the molecule is COc1cccc(C(=O)Nc2cc(C)nn2CCOC(=O)c2cccc(OC)c2)c1. The minimum atomic E-state index is -0.459. The average Bonchev–Trinajstić information content (AvgIpc) is 3.12. The van der Waals surface area contributed by atoms with Gasteiger partial charge in [0.25, 0.3) is 5.91 Å². The lowest BCUT2D eigenvalue weighted by Gasteiger charge is -2.10. The second-order valence-corrected chi connectivity index (χ2v) is 6.45. The standard InChI is InChI=1S/C22H23N3O5/c1-15-12-20(23-21(26)16-6-4-8-18(13-16)28-2)25(24-15)10-11-30-22(27)17-7-5-9-19(14-17)29-3/h4-9,12-14H,10-11H2,1-3H3,(H,23,26). The quantitative estimate of drug-likeness (QED) is 0.574. The summed E-state index contributed by atoms with van der Waals surface area (Å²) in [4.78, 5) is 24.8. The molecule has 0 aliphatic heterocycles. The number of rotatable bonds is 8. The van der Waals surface area contributed by atoms with Gasteiger partial charge < -0.3 is 19.5 Å². The van der Waals surface area contributed by atoms with Crippen molar-refractivity contribution in [2.24, 2.45) is 0 Å². The molecule has 1 N–H and O–H groups in total. The summed E-state index contributed by atoms with van der Waals surface area (Å²) in [5.74, 6) is 0.937. The number of carbonyl (C=O) groups is 2. The second-order valence-electron chi connectivity index (χ2n) is 6.45. The van der Waals surface area contributed by atoms with E-state index in [1.165, 1.54) is 7.11 Å². The molecule has 0 saturated heterocycles. The number of nitrogens with one attached hydrogen (secondary N) is 1. The van der Waals surface area contributed by atoms with Crippen LogP contribution in [0.15, 0.2) is 54.6 Å². The van der Waals surface area contributed by atoms with Gasteiger partial charge in [-0.1, -0.05) is 12.1 Å². The molecule has 0 saturated carbocycles. The smallest absolute Gasteiger partial charge is 0.338 e. The molecule has 0 radical (unpaired) electrons. The summed E-state index contributed by atoms with van der Waals surface area (Å²) in [6, 6.07) is 15.3. The number of hydrogen-bond acceptors (Lipinski definition) is 6. The van der Waals surface area contributed by atoms with Crippen LogP contribution in [0.3, 0.4) is 0 Å². The van der Waals surface area contributed by atoms with E-state index < -0.39 is 5.97 Å².